The number of benzene rings is 1. The van der Waals surface area contributed by atoms with E-state index in [9.17, 15) is 10.1 Å². The molecule has 0 radical (unpaired) electrons. The molecule has 1 aliphatic rings. The zero-order valence-corrected chi connectivity index (χ0v) is 13.3. The van der Waals surface area contributed by atoms with Crippen LogP contribution in [0.25, 0.3) is 0 Å². The fourth-order valence-electron chi connectivity index (χ4n) is 2.63. The predicted molar refractivity (Wildman–Crippen MR) is 86.8 cm³/mol. The molecule has 112 valence electrons. The Kier molecular flexibility index (Phi) is 5.69. The largest absolute Gasteiger partial charge is 0.337 e. The van der Waals surface area contributed by atoms with Crippen molar-refractivity contribution < 1.29 is 4.79 Å². The van der Waals surface area contributed by atoms with Gasteiger partial charge in [0, 0.05) is 5.75 Å². The Hall–Kier alpha value is -1.47. The lowest BCUT2D eigenvalue weighted by molar-refractivity contribution is -0.121. The van der Waals surface area contributed by atoms with Crippen molar-refractivity contribution in [3.05, 3.63) is 35.9 Å². The van der Waals surface area contributed by atoms with E-state index in [2.05, 4.69) is 23.5 Å². The van der Waals surface area contributed by atoms with Gasteiger partial charge in [0.25, 0.3) is 0 Å². The smallest absolute Gasteiger partial charge is 0.234 e. The van der Waals surface area contributed by atoms with E-state index in [0.29, 0.717) is 0 Å². The molecule has 2 rings (SSSR count). The Morgan fingerprint density at radius 3 is 2.62 bits per heavy atom. The lowest BCUT2D eigenvalue weighted by Gasteiger charge is -2.32. The fourth-order valence-corrected chi connectivity index (χ4v) is 3.47. The van der Waals surface area contributed by atoms with Crippen LogP contribution in [-0.4, -0.2) is 16.7 Å². The van der Waals surface area contributed by atoms with Crippen molar-refractivity contribution in [3.63, 3.8) is 0 Å². The SMILES string of the molecule is CC(SCc1ccccc1)C(=O)NC1(C#N)CCCCC1. The van der Waals surface area contributed by atoms with Gasteiger partial charge >= 0.3 is 0 Å². The van der Waals surface area contributed by atoms with Crippen LogP contribution in [0.4, 0.5) is 0 Å². The minimum atomic E-state index is -0.628. The van der Waals surface area contributed by atoms with Gasteiger partial charge in [0.05, 0.1) is 11.3 Å². The molecule has 0 bridgehead atoms. The minimum absolute atomic E-state index is 0.0145. The van der Waals surface area contributed by atoms with Gasteiger partial charge in [0.15, 0.2) is 0 Å². The molecule has 1 atom stereocenters. The Morgan fingerprint density at radius 1 is 1.33 bits per heavy atom. The lowest BCUT2D eigenvalue weighted by atomic mass is 9.83. The monoisotopic (exact) mass is 302 g/mol. The molecule has 0 spiro atoms. The van der Waals surface area contributed by atoms with Crippen LogP contribution >= 0.6 is 11.8 Å². The van der Waals surface area contributed by atoms with Gasteiger partial charge in [-0.1, -0.05) is 49.6 Å². The summed E-state index contributed by atoms with van der Waals surface area (Å²) in [5.41, 5.74) is 0.589. The number of nitrogens with zero attached hydrogens (tertiary/aromatic N) is 1. The van der Waals surface area contributed by atoms with Gasteiger partial charge in [-0.3, -0.25) is 4.79 Å². The first-order valence-electron chi connectivity index (χ1n) is 7.54. The van der Waals surface area contributed by atoms with Crippen LogP contribution in [-0.2, 0) is 10.5 Å². The lowest BCUT2D eigenvalue weighted by Crippen LogP contribution is -2.50. The van der Waals surface area contributed by atoms with Crippen molar-refractivity contribution in [2.45, 2.75) is 55.6 Å². The van der Waals surface area contributed by atoms with Crippen LogP contribution in [0.1, 0.15) is 44.6 Å². The molecular weight excluding hydrogens is 280 g/mol. The molecule has 1 fully saturated rings. The molecule has 0 saturated heterocycles. The van der Waals surface area contributed by atoms with Gasteiger partial charge in [0.1, 0.15) is 5.54 Å². The molecule has 1 unspecified atom stereocenters. The second-order valence-corrected chi connectivity index (χ2v) is 7.01. The second-order valence-electron chi connectivity index (χ2n) is 5.68. The van der Waals surface area contributed by atoms with E-state index in [4.69, 9.17) is 0 Å². The first-order valence-corrected chi connectivity index (χ1v) is 8.59. The van der Waals surface area contributed by atoms with E-state index in [1.807, 2.05) is 25.1 Å². The highest BCUT2D eigenvalue weighted by Gasteiger charge is 2.34. The van der Waals surface area contributed by atoms with Gasteiger partial charge in [-0.05, 0) is 25.3 Å². The van der Waals surface area contributed by atoms with E-state index in [0.717, 1.165) is 37.9 Å². The summed E-state index contributed by atoms with van der Waals surface area (Å²) >= 11 is 1.61. The van der Waals surface area contributed by atoms with Crippen molar-refractivity contribution >= 4 is 17.7 Å². The van der Waals surface area contributed by atoms with Gasteiger partial charge in [-0.2, -0.15) is 5.26 Å². The number of hydrogen-bond donors (Lipinski definition) is 1. The number of hydrogen-bond acceptors (Lipinski definition) is 3. The Balaban J connectivity index is 1.86. The molecule has 0 heterocycles. The van der Waals surface area contributed by atoms with Crippen molar-refractivity contribution in [1.82, 2.24) is 5.32 Å². The third-order valence-electron chi connectivity index (χ3n) is 4.00. The average molecular weight is 302 g/mol. The van der Waals surface area contributed by atoms with E-state index >= 15 is 0 Å². The second kappa shape index (κ2) is 7.51. The molecule has 4 heteroatoms. The van der Waals surface area contributed by atoms with Crippen LogP contribution in [0.5, 0.6) is 0 Å². The van der Waals surface area contributed by atoms with E-state index in [1.165, 1.54) is 5.56 Å². The molecule has 1 saturated carbocycles. The normalized spacial score (nSPS) is 18.5. The molecule has 1 amide bonds. The van der Waals surface area contributed by atoms with Crippen molar-refractivity contribution in [3.8, 4) is 6.07 Å². The topological polar surface area (TPSA) is 52.9 Å². The number of nitriles is 1. The summed E-state index contributed by atoms with van der Waals surface area (Å²) in [6, 6.07) is 12.5. The van der Waals surface area contributed by atoms with Crippen molar-refractivity contribution in [2.24, 2.45) is 0 Å². The summed E-state index contributed by atoms with van der Waals surface area (Å²) in [4.78, 5) is 12.3. The molecule has 3 nitrogen and oxygen atoms in total. The summed E-state index contributed by atoms with van der Waals surface area (Å²) in [6.07, 6.45) is 4.78. The van der Waals surface area contributed by atoms with Crippen LogP contribution in [0.2, 0.25) is 0 Å². The number of thioether (sulfide) groups is 1. The Bertz CT molecular complexity index is 503. The summed E-state index contributed by atoms with van der Waals surface area (Å²) in [6.45, 7) is 1.91. The summed E-state index contributed by atoms with van der Waals surface area (Å²) in [5.74, 6) is 0.800. The van der Waals surface area contributed by atoms with E-state index < -0.39 is 5.54 Å². The standard InChI is InChI=1S/C17H22N2OS/c1-14(21-12-15-8-4-2-5-9-15)16(20)19-17(13-18)10-6-3-7-11-17/h2,4-5,8-9,14H,3,6-7,10-12H2,1H3,(H,19,20). The maximum Gasteiger partial charge on any atom is 0.234 e. The van der Waals surface area contributed by atoms with Gasteiger partial charge in [0.2, 0.25) is 5.91 Å². The number of nitrogens with one attached hydrogen (secondary N) is 1. The fraction of sp³-hybridized carbons (Fsp3) is 0.529. The number of amides is 1. The van der Waals surface area contributed by atoms with Crippen molar-refractivity contribution in [2.75, 3.05) is 0 Å². The summed E-state index contributed by atoms with van der Waals surface area (Å²) in [5, 5.41) is 12.3. The summed E-state index contributed by atoms with van der Waals surface area (Å²) < 4.78 is 0. The molecular formula is C17H22N2OS. The number of carbonyl (C=O) groups is 1. The third kappa shape index (κ3) is 4.50. The van der Waals surface area contributed by atoms with E-state index in [-0.39, 0.29) is 11.2 Å². The minimum Gasteiger partial charge on any atom is -0.337 e. The number of rotatable bonds is 5. The van der Waals surface area contributed by atoms with Gasteiger partial charge in [-0.15, -0.1) is 11.8 Å². The highest BCUT2D eigenvalue weighted by Crippen LogP contribution is 2.28. The van der Waals surface area contributed by atoms with Gasteiger partial charge in [-0.25, -0.2) is 0 Å². The maximum absolute atomic E-state index is 12.3. The Morgan fingerprint density at radius 2 is 2.00 bits per heavy atom. The molecule has 1 aromatic carbocycles. The zero-order valence-electron chi connectivity index (χ0n) is 12.5. The molecule has 1 N–H and O–H groups in total. The molecule has 0 aromatic heterocycles. The third-order valence-corrected chi connectivity index (χ3v) is 5.21. The average Bonchev–Trinajstić information content (AvgIpc) is 2.54. The van der Waals surface area contributed by atoms with Gasteiger partial charge < -0.3 is 5.32 Å². The zero-order chi connectivity index (χ0) is 15.1. The first-order chi connectivity index (χ1) is 10.2. The van der Waals surface area contributed by atoms with Crippen molar-refractivity contribution in [1.29, 1.82) is 5.26 Å². The maximum atomic E-state index is 12.3. The van der Waals surface area contributed by atoms with Crippen LogP contribution in [0, 0.1) is 11.3 Å². The molecule has 1 aliphatic carbocycles. The Labute approximate surface area is 131 Å². The van der Waals surface area contributed by atoms with Crippen LogP contribution in [0.3, 0.4) is 0 Å². The quantitative estimate of drug-likeness (QED) is 0.903. The predicted octanol–water partition coefficient (Wildman–Crippen LogP) is 3.65. The highest BCUT2D eigenvalue weighted by molar-refractivity contribution is 7.99. The molecule has 1 aromatic rings. The summed E-state index contributed by atoms with van der Waals surface area (Å²) in [7, 11) is 0. The number of carbonyl (C=O) groups excluding carboxylic acids is 1. The molecule has 0 aliphatic heterocycles. The molecule has 21 heavy (non-hydrogen) atoms. The highest BCUT2D eigenvalue weighted by atomic mass is 32.2. The van der Waals surface area contributed by atoms with Crippen LogP contribution < -0.4 is 5.32 Å². The van der Waals surface area contributed by atoms with Crippen LogP contribution in [0.15, 0.2) is 30.3 Å². The first kappa shape index (κ1) is 15.9. The van der Waals surface area contributed by atoms with E-state index in [1.54, 1.807) is 11.8 Å².